The average molecular weight is 284 g/mol. The van der Waals surface area contributed by atoms with E-state index in [4.69, 9.17) is 10.00 Å². The van der Waals surface area contributed by atoms with Gasteiger partial charge in [-0.3, -0.25) is 4.90 Å². The van der Waals surface area contributed by atoms with E-state index < -0.39 is 0 Å². The van der Waals surface area contributed by atoms with E-state index in [2.05, 4.69) is 11.0 Å². The Kier molecular flexibility index (Phi) is 5.30. The summed E-state index contributed by atoms with van der Waals surface area (Å²) in [5, 5.41) is 9.05. The highest BCUT2D eigenvalue weighted by molar-refractivity contribution is 5.37. The van der Waals surface area contributed by atoms with Crippen molar-refractivity contribution >= 4 is 0 Å². The van der Waals surface area contributed by atoms with Crippen molar-refractivity contribution in [1.82, 2.24) is 4.90 Å². The molecule has 0 heterocycles. The van der Waals surface area contributed by atoms with E-state index in [0.717, 1.165) is 12.1 Å². The smallest absolute Gasteiger partial charge is 0.123 e. The van der Waals surface area contributed by atoms with Crippen LogP contribution in [0.25, 0.3) is 0 Å². The molecule has 0 saturated heterocycles. The number of nitrogens with zero attached hydrogens (tertiary/aromatic N) is 2. The number of benzene rings is 2. The predicted molar refractivity (Wildman–Crippen MR) is 79.4 cm³/mol. The van der Waals surface area contributed by atoms with Crippen LogP contribution in [0, 0.1) is 17.1 Å². The maximum Gasteiger partial charge on any atom is 0.123 e. The summed E-state index contributed by atoms with van der Waals surface area (Å²) in [7, 11) is 1.97. The minimum Gasteiger partial charge on any atom is -0.492 e. The molecule has 0 radical (unpaired) electrons. The summed E-state index contributed by atoms with van der Waals surface area (Å²) in [6, 6.07) is 15.7. The van der Waals surface area contributed by atoms with E-state index in [1.807, 2.05) is 31.3 Å². The Morgan fingerprint density at radius 3 is 2.57 bits per heavy atom. The highest BCUT2D eigenvalue weighted by atomic mass is 19.1. The molecule has 2 aromatic rings. The van der Waals surface area contributed by atoms with Gasteiger partial charge in [0.05, 0.1) is 11.6 Å². The van der Waals surface area contributed by atoms with Crippen LogP contribution in [0.1, 0.15) is 11.1 Å². The lowest BCUT2D eigenvalue weighted by Gasteiger charge is -2.17. The van der Waals surface area contributed by atoms with Gasteiger partial charge in [-0.25, -0.2) is 4.39 Å². The molecule has 0 aliphatic rings. The van der Waals surface area contributed by atoms with E-state index in [9.17, 15) is 4.39 Å². The van der Waals surface area contributed by atoms with Gasteiger partial charge in [0.2, 0.25) is 0 Å². The Morgan fingerprint density at radius 2 is 1.86 bits per heavy atom. The van der Waals surface area contributed by atoms with Crippen LogP contribution in [-0.4, -0.2) is 25.1 Å². The van der Waals surface area contributed by atoms with Crippen LogP contribution in [0.2, 0.25) is 0 Å². The molecule has 0 saturated carbocycles. The van der Waals surface area contributed by atoms with Gasteiger partial charge in [-0.05, 0) is 42.9 Å². The zero-order valence-corrected chi connectivity index (χ0v) is 11.9. The number of hydrogen-bond acceptors (Lipinski definition) is 3. The monoisotopic (exact) mass is 284 g/mol. The third-order valence-electron chi connectivity index (χ3n) is 3.13. The van der Waals surface area contributed by atoms with Gasteiger partial charge in [-0.2, -0.15) is 5.26 Å². The third-order valence-corrected chi connectivity index (χ3v) is 3.13. The van der Waals surface area contributed by atoms with Crippen molar-refractivity contribution in [3.63, 3.8) is 0 Å². The maximum atomic E-state index is 12.8. The van der Waals surface area contributed by atoms with Crippen molar-refractivity contribution in [3.05, 3.63) is 65.5 Å². The number of nitriles is 1. The fraction of sp³-hybridized carbons (Fsp3) is 0.235. The molecule has 0 spiro atoms. The second kappa shape index (κ2) is 7.41. The number of likely N-dealkylation sites (N-methyl/N-ethyl adjacent to an activating group) is 1. The Labute approximate surface area is 124 Å². The molecule has 3 nitrogen and oxygen atoms in total. The molecular weight excluding hydrogens is 267 g/mol. The molecule has 0 amide bonds. The van der Waals surface area contributed by atoms with Crippen LogP contribution in [0.15, 0.2) is 48.5 Å². The van der Waals surface area contributed by atoms with Crippen LogP contribution < -0.4 is 4.74 Å². The van der Waals surface area contributed by atoms with Crippen molar-refractivity contribution in [2.45, 2.75) is 6.54 Å². The highest BCUT2D eigenvalue weighted by Gasteiger charge is 2.05. The SMILES string of the molecule is CN(CCOc1ccc(F)cc1)Cc1ccccc1C#N. The molecule has 0 fully saturated rings. The molecule has 21 heavy (non-hydrogen) atoms. The van der Waals surface area contributed by atoms with Gasteiger partial charge in [0.1, 0.15) is 18.2 Å². The molecule has 0 unspecified atom stereocenters. The lowest BCUT2D eigenvalue weighted by atomic mass is 10.1. The first-order valence-corrected chi connectivity index (χ1v) is 6.74. The molecule has 2 aromatic carbocycles. The normalized spacial score (nSPS) is 10.4. The lowest BCUT2D eigenvalue weighted by Crippen LogP contribution is -2.24. The summed E-state index contributed by atoms with van der Waals surface area (Å²) in [5.41, 5.74) is 1.70. The van der Waals surface area contributed by atoms with Gasteiger partial charge in [-0.1, -0.05) is 18.2 Å². The van der Waals surface area contributed by atoms with Crippen LogP contribution in [0.5, 0.6) is 5.75 Å². The quantitative estimate of drug-likeness (QED) is 0.817. The second-order valence-corrected chi connectivity index (χ2v) is 4.81. The molecule has 0 aromatic heterocycles. The van der Waals surface area contributed by atoms with Gasteiger partial charge in [0, 0.05) is 13.1 Å². The highest BCUT2D eigenvalue weighted by Crippen LogP contribution is 2.12. The standard InChI is InChI=1S/C17H17FN2O/c1-20(13-15-5-3-2-4-14(15)12-19)10-11-21-17-8-6-16(18)7-9-17/h2-9H,10-11,13H2,1H3. The summed E-state index contributed by atoms with van der Waals surface area (Å²) in [6.07, 6.45) is 0. The van der Waals surface area contributed by atoms with E-state index in [1.54, 1.807) is 12.1 Å². The van der Waals surface area contributed by atoms with Crippen molar-refractivity contribution in [2.75, 3.05) is 20.2 Å². The van der Waals surface area contributed by atoms with Gasteiger partial charge in [-0.15, -0.1) is 0 Å². The topological polar surface area (TPSA) is 36.3 Å². The fourth-order valence-electron chi connectivity index (χ4n) is 1.99. The van der Waals surface area contributed by atoms with Gasteiger partial charge >= 0.3 is 0 Å². The predicted octanol–water partition coefficient (Wildman–Crippen LogP) is 3.21. The number of halogens is 1. The molecule has 2 rings (SSSR count). The minimum absolute atomic E-state index is 0.271. The van der Waals surface area contributed by atoms with Crippen LogP contribution in [0.4, 0.5) is 4.39 Å². The first-order valence-electron chi connectivity index (χ1n) is 6.74. The first-order chi connectivity index (χ1) is 10.2. The molecule has 108 valence electrons. The molecule has 4 heteroatoms. The minimum atomic E-state index is -0.271. The fourth-order valence-corrected chi connectivity index (χ4v) is 1.99. The zero-order valence-electron chi connectivity index (χ0n) is 11.9. The summed E-state index contributed by atoms with van der Waals surface area (Å²) in [6.45, 7) is 1.92. The van der Waals surface area contributed by atoms with Crippen LogP contribution in [-0.2, 0) is 6.54 Å². The Hall–Kier alpha value is -2.38. The lowest BCUT2D eigenvalue weighted by molar-refractivity contribution is 0.232. The van der Waals surface area contributed by atoms with Gasteiger partial charge in [0.25, 0.3) is 0 Å². The number of ether oxygens (including phenoxy) is 1. The molecule has 0 aliphatic heterocycles. The zero-order chi connectivity index (χ0) is 15.1. The molecule has 0 atom stereocenters. The molecular formula is C17H17FN2O. The second-order valence-electron chi connectivity index (χ2n) is 4.81. The van der Waals surface area contributed by atoms with E-state index >= 15 is 0 Å². The third kappa shape index (κ3) is 4.59. The maximum absolute atomic E-state index is 12.8. The largest absolute Gasteiger partial charge is 0.492 e. The van der Waals surface area contributed by atoms with Crippen molar-refractivity contribution < 1.29 is 9.13 Å². The van der Waals surface area contributed by atoms with Crippen LogP contribution >= 0.6 is 0 Å². The number of rotatable bonds is 6. The van der Waals surface area contributed by atoms with Gasteiger partial charge < -0.3 is 4.74 Å². The molecule has 0 N–H and O–H groups in total. The summed E-state index contributed by atoms with van der Waals surface area (Å²) < 4.78 is 18.3. The van der Waals surface area contributed by atoms with E-state index in [1.165, 1.54) is 12.1 Å². The first kappa shape index (κ1) is 15.0. The van der Waals surface area contributed by atoms with E-state index in [0.29, 0.717) is 24.5 Å². The average Bonchev–Trinajstić information content (AvgIpc) is 2.50. The summed E-state index contributed by atoms with van der Waals surface area (Å²) in [5.74, 6) is 0.384. The van der Waals surface area contributed by atoms with Crippen molar-refractivity contribution in [1.29, 1.82) is 5.26 Å². The summed E-state index contributed by atoms with van der Waals surface area (Å²) >= 11 is 0. The van der Waals surface area contributed by atoms with Crippen molar-refractivity contribution in [3.8, 4) is 11.8 Å². The Bertz CT molecular complexity index is 619. The Balaban J connectivity index is 1.81. The molecule has 0 bridgehead atoms. The Morgan fingerprint density at radius 1 is 1.14 bits per heavy atom. The van der Waals surface area contributed by atoms with Crippen molar-refractivity contribution in [2.24, 2.45) is 0 Å². The molecule has 0 aliphatic carbocycles. The van der Waals surface area contributed by atoms with Gasteiger partial charge in [0.15, 0.2) is 0 Å². The van der Waals surface area contributed by atoms with E-state index in [-0.39, 0.29) is 5.82 Å². The van der Waals surface area contributed by atoms with Crippen LogP contribution in [0.3, 0.4) is 0 Å². The summed E-state index contributed by atoms with van der Waals surface area (Å²) in [4.78, 5) is 2.08. The number of hydrogen-bond donors (Lipinski definition) is 0.